The van der Waals surface area contributed by atoms with E-state index in [0.29, 0.717) is 16.8 Å². The average molecular weight is 623 g/mol. The lowest BCUT2D eigenvalue weighted by molar-refractivity contribution is -0.151. The molecule has 0 saturated carbocycles. The Balaban J connectivity index is 1.91. The summed E-state index contributed by atoms with van der Waals surface area (Å²) in [5.74, 6) is -4.85. The molecule has 0 spiro atoms. The summed E-state index contributed by atoms with van der Waals surface area (Å²) in [5, 5.41) is 13.0. The van der Waals surface area contributed by atoms with E-state index in [1.54, 1.807) is 23.5 Å². The summed E-state index contributed by atoms with van der Waals surface area (Å²) >= 11 is 5.85. The van der Waals surface area contributed by atoms with Crippen LogP contribution in [0.2, 0.25) is 5.02 Å². The van der Waals surface area contributed by atoms with E-state index in [9.17, 15) is 36.7 Å². The van der Waals surface area contributed by atoms with Gasteiger partial charge in [-0.2, -0.15) is 23.0 Å². The smallest absolute Gasteiger partial charge is 0.417 e. The number of nitrogens with zero attached hydrogens (tertiary/aromatic N) is 2. The number of anilines is 1. The van der Waals surface area contributed by atoms with Crippen LogP contribution in [0.1, 0.15) is 28.8 Å². The van der Waals surface area contributed by atoms with Gasteiger partial charge in [-0.25, -0.2) is 4.39 Å². The van der Waals surface area contributed by atoms with Crippen molar-refractivity contribution in [1.29, 1.82) is 0 Å². The minimum Gasteiger partial charge on any atom is -0.510 e. The Hall–Kier alpha value is -4.47. The number of nitrogens with one attached hydrogen (secondary N) is 1. The molecule has 0 aliphatic carbocycles. The van der Waals surface area contributed by atoms with Crippen LogP contribution in [0.15, 0.2) is 47.4 Å². The SMILES string of the molecule is BC(B)(B)Oc1cc(F)ccc1Oc1cc(C(F)(F)F)c(Cl)cc1C(=O)Nc1cnn(COC(=O)CCC(=O)O)c(=O)c1. The van der Waals surface area contributed by atoms with E-state index in [2.05, 4.69) is 10.4 Å². The van der Waals surface area contributed by atoms with Crippen molar-refractivity contribution in [3.63, 3.8) is 0 Å². The van der Waals surface area contributed by atoms with Crippen LogP contribution in [0.3, 0.4) is 0 Å². The van der Waals surface area contributed by atoms with Gasteiger partial charge in [-0.3, -0.25) is 19.2 Å². The molecule has 0 bridgehead atoms. The lowest BCUT2D eigenvalue weighted by Gasteiger charge is -2.24. The lowest BCUT2D eigenvalue weighted by atomic mass is 9.52. The van der Waals surface area contributed by atoms with Gasteiger partial charge in [0, 0.05) is 17.4 Å². The van der Waals surface area contributed by atoms with E-state index in [1.807, 2.05) is 0 Å². The summed E-state index contributed by atoms with van der Waals surface area (Å²) in [6, 6.07) is 5.15. The van der Waals surface area contributed by atoms with Crippen molar-refractivity contribution < 1.29 is 51.3 Å². The van der Waals surface area contributed by atoms with Gasteiger partial charge < -0.3 is 24.6 Å². The monoisotopic (exact) mass is 623 g/mol. The summed E-state index contributed by atoms with van der Waals surface area (Å²) in [5.41, 5.74) is -2.84. The third-order valence-electron chi connectivity index (χ3n) is 5.18. The van der Waals surface area contributed by atoms with E-state index < -0.39 is 82.2 Å². The number of amides is 1. The maximum atomic E-state index is 14.0. The summed E-state index contributed by atoms with van der Waals surface area (Å²) in [6.07, 6.45) is -4.84. The van der Waals surface area contributed by atoms with Gasteiger partial charge in [0.05, 0.1) is 40.9 Å². The topological polar surface area (TPSA) is 146 Å². The number of hydrogen-bond donors (Lipinski definition) is 2. The molecular formula is C24H21B3ClF4N3O8. The van der Waals surface area contributed by atoms with Crippen LogP contribution in [0.5, 0.6) is 17.2 Å². The summed E-state index contributed by atoms with van der Waals surface area (Å²) in [6.45, 7) is -0.644. The number of rotatable bonds is 11. The summed E-state index contributed by atoms with van der Waals surface area (Å²) < 4.78 is 71.7. The van der Waals surface area contributed by atoms with Crippen LogP contribution in [0.4, 0.5) is 23.2 Å². The molecule has 1 amide bonds. The van der Waals surface area contributed by atoms with Gasteiger partial charge in [0.15, 0.2) is 18.2 Å². The van der Waals surface area contributed by atoms with Crippen molar-refractivity contribution in [3.8, 4) is 17.2 Å². The minimum atomic E-state index is -4.93. The molecule has 224 valence electrons. The first-order chi connectivity index (χ1) is 19.9. The normalized spacial score (nSPS) is 11.5. The molecule has 1 aromatic heterocycles. The van der Waals surface area contributed by atoms with Crippen molar-refractivity contribution in [2.45, 2.75) is 31.0 Å². The maximum absolute atomic E-state index is 14.0. The zero-order chi connectivity index (χ0) is 32.1. The number of hydrogen-bond acceptors (Lipinski definition) is 8. The van der Waals surface area contributed by atoms with Crippen LogP contribution >= 0.6 is 11.6 Å². The van der Waals surface area contributed by atoms with E-state index in [4.69, 9.17) is 30.9 Å². The van der Waals surface area contributed by atoms with Crippen molar-refractivity contribution in [1.82, 2.24) is 9.78 Å². The molecule has 3 aromatic rings. The fourth-order valence-corrected chi connectivity index (χ4v) is 3.61. The largest absolute Gasteiger partial charge is 0.510 e. The van der Waals surface area contributed by atoms with Crippen molar-refractivity contribution >= 4 is 58.7 Å². The zero-order valence-electron chi connectivity index (χ0n) is 22.8. The van der Waals surface area contributed by atoms with Crippen LogP contribution in [0.25, 0.3) is 0 Å². The first-order valence-electron chi connectivity index (χ1n) is 12.3. The fourth-order valence-electron chi connectivity index (χ4n) is 3.34. The number of esters is 1. The summed E-state index contributed by atoms with van der Waals surface area (Å²) in [7, 11) is 4.95. The summed E-state index contributed by atoms with van der Waals surface area (Å²) in [4.78, 5) is 47.7. The zero-order valence-corrected chi connectivity index (χ0v) is 23.5. The second kappa shape index (κ2) is 13.2. The molecule has 1 heterocycles. The van der Waals surface area contributed by atoms with Crippen molar-refractivity contribution in [2.24, 2.45) is 0 Å². The highest BCUT2D eigenvalue weighted by atomic mass is 35.5. The Bertz CT molecular complexity index is 1620. The number of carboxylic acids is 1. The molecule has 3 rings (SSSR count). The highest BCUT2D eigenvalue weighted by Gasteiger charge is 2.35. The number of halogens is 5. The first kappa shape index (κ1) is 33.0. The Morgan fingerprint density at radius 1 is 1.02 bits per heavy atom. The average Bonchev–Trinajstić information content (AvgIpc) is 2.87. The van der Waals surface area contributed by atoms with Crippen LogP contribution in [-0.2, 0) is 27.2 Å². The second-order valence-corrected chi connectivity index (χ2v) is 10.2. The molecule has 0 unspecified atom stereocenters. The number of aliphatic carboxylic acids is 1. The fraction of sp³-hybridized carbons (Fsp3) is 0.208. The third-order valence-corrected chi connectivity index (χ3v) is 5.49. The maximum Gasteiger partial charge on any atom is 0.417 e. The number of alkyl halides is 3. The standard InChI is InChI=1S/C24H21B3ClF4N3O8/c25-24(26,27)43-18-5-11(29)1-2-16(18)42-17-8-14(23(30,31)32)15(28)7-13(17)22(40)34-12-6-19(36)35(33-9-12)10-41-21(39)4-3-20(37)38/h1-2,5-9H,3-4,10,25-27H2,(H,34,40)(H,37,38). The minimum absolute atomic E-state index is 0.154. The quantitative estimate of drug-likeness (QED) is 0.184. The van der Waals surface area contributed by atoms with Crippen molar-refractivity contribution in [3.05, 3.63) is 74.9 Å². The number of carbonyl (C=O) groups is 3. The molecule has 11 nitrogen and oxygen atoms in total. The van der Waals surface area contributed by atoms with Gasteiger partial charge in [0.1, 0.15) is 35.1 Å². The van der Waals surface area contributed by atoms with Gasteiger partial charge in [0.25, 0.3) is 11.5 Å². The molecule has 0 saturated heterocycles. The van der Waals surface area contributed by atoms with E-state index in [0.717, 1.165) is 30.5 Å². The Morgan fingerprint density at radius 3 is 2.33 bits per heavy atom. The van der Waals surface area contributed by atoms with Crippen LogP contribution in [-0.4, -0.2) is 61.6 Å². The molecular weight excluding hydrogens is 602 g/mol. The number of carboxylic acid groups (broad SMARTS) is 1. The number of ether oxygens (including phenoxy) is 3. The molecule has 2 N–H and O–H groups in total. The third kappa shape index (κ3) is 9.53. The molecule has 2 aromatic carbocycles. The van der Waals surface area contributed by atoms with Gasteiger partial charge in [-0.1, -0.05) is 11.6 Å². The van der Waals surface area contributed by atoms with Gasteiger partial charge >= 0.3 is 18.1 Å². The molecule has 19 heteroatoms. The molecule has 0 aliphatic heterocycles. The molecule has 0 atom stereocenters. The van der Waals surface area contributed by atoms with Crippen LogP contribution in [0, 0.1) is 5.82 Å². The van der Waals surface area contributed by atoms with Gasteiger partial charge in [-0.05, 0) is 24.3 Å². The molecule has 0 radical (unpaired) electrons. The predicted octanol–water partition coefficient (Wildman–Crippen LogP) is 1.35. The highest BCUT2D eigenvalue weighted by molar-refractivity contribution is 6.58. The van der Waals surface area contributed by atoms with Gasteiger partial charge in [0.2, 0.25) is 0 Å². The van der Waals surface area contributed by atoms with E-state index in [-0.39, 0.29) is 17.2 Å². The van der Waals surface area contributed by atoms with Crippen LogP contribution < -0.4 is 20.3 Å². The Morgan fingerprint density at radius 2 is 1.72 bits per heavy atom. The van der Waals surface area contributed by atoms with E-state index in [1.165, 1.54) is 0 Å². The highest BCUT2D eigenvalue weighted by Crippen LogP contribution is 2.41. The predicted molar refractivity (Wildman–Crippen MR) is 151 cm³/mol. The number of benzene rings is 2. The number of carbonyl (C=O) groups excluding carboxylic acids is 2. The lowest BCUT2D eigenvalue weighted by Crippen LogP contribution is -2.37. The molecule has 43 heavy (non-hydrogen) atoms. The Labute approximate surface area is 248 Å². The van der Waals surface area contributed by atoms with Crippen molar-refractivity contribution in [2.75, 3.05) is 5.32 Å². The van der Waals surface area contributed by atoms with E-state index >= 15 is 0 Å². The molecule has 0 fully saturated rings. The van der Waals surface area contributed by atoms with Gasteiger partial charge in [-0.15, -0.1) is 0 Å². The first-order valence-corrected chi connectivity index (χ1v) is 12.6. The second-order valence-electron chi connectivity index (χ2n) is 9.81. The Kier molecular flexibility index (Phi) is 10.2. The number of aromatic nitrogens is 2. The molecule has 0 aliphatic rings.